The van der Waals surface area contributed by atoms with Crippen LogP contribution in [0.1, 0.15) is 36.2 Å². The number of benzene rings is 3. The summed E-state index contributed by atoms with van der Waals surface area (Å²) < 4.78 is 0. The van der Waals surface area contributed by atoms with E-state index in [-0.39, 0.29) is 17.5 Å². The monoisotopic (exact) mass is 471 g/mol. The quantitative estimate of drug-likeness (QED) is 0.184. The second kappa shape index (κ2) is 10.3. The first-order valence-corrected chi connectivity index (χ1v) is 11.8. The van der Waals surface area contributed by atoms with E-state index >= 15 is 0 Å². The number of hydrogen-bond acceptors (Lipinski definition) is 6. The number of carbonyl (C=O) groups is 1. The number of rotatable bonds is 9. The topological polar surface area (TPSA) is 83.8 Å². The summed E-state index contributed by atoms with van der Waals surface area (Å²) in [5.41, 5.74) is 2.33. The Balaban J connectivity index is 1.85. The molecule has 0 unspecified atom stereocenters. The fraction of sp³-hybridized carbons (Fsp3) is 0.148. The van der Waals surface area contributed by atoms with Gasteiger partial charge < -0.3 is 15.3 Å². The molecule has 1 heterocycles. The molecule has 0 bridgehead atoms. The standard InChI is InChI=1S/C27H25N3O3S/c1-19(2)33-30-24(25(31)32)23-18-34-26(28-23)29-27(20-12-6-3-7-13-20,21-14-8-4-9-15-21)22-16-10-5-11-17-22/h3-19H,1-2H3,(H,28,29)(H,31,32)/b30-24+. The summed E-state index contributed by atoms with van der Waals surface area (Å²) in [4.78, 5) is 21.6. The summed E-state index contributed by atoms with van der Waals surface area (Å²) in [7, 11) is 0. The Morgan fingerprint density at radius 2 is 1.38 bits per heavy atom. The Bertz CT molecular complexity index is 1160. The molecule has 0 atom stereocenters. The first-order chi connectivity index (χ1) is 16.5. The summed E-state index contributed by atoms with van der Waals surface area (Å²) in [5, 5.41) is 19.3. The Hall–Kier alpha value is -3.97. The number of oxime groups is 1. The van der Waals surface area contributed by atoms with Crippen molar-refractivity contribution in [1.82, 2.24) is 4.98 Å². The van der Waals surface area contributed by atoms with Gasteiger partial charge in [-0.1, -0.05) is 96.2 Å². The summed E-state index contributed by atoms with van der Waals surface area (Å²) in [6.45, 7) is 3.57. The molecular formula is C27H25N3O3S. The normalized spacial score (nSPS) is 11.9. The molecule has 0 fully saturated rings. The van der Waals surface area contributed by atoms with Gasteiger partial charge in [-0.2, -0.15) is 0 Å². The molecule has 34 heavy (non-hydrogen) atoms. The van der Waals surface area contributed by atoms with E-state index in [0.29, 0.717) is 5.13 Å². The molecule has 0 saturated carbocycles. The van der Waals surface area contributed by atoms with Crippen molar-refractivity contribution in [3.8, 4) is 0 Å². The maximum absolute atomic E-state index is 11.8. The average molecular weight is 472 g/mol. The number of aromatic nitrogens is 1. The van der Waals surface area contributed by atoms with Gasteiger partial charge in [0.2, 0.25) is 5.71 Å². The second-order valence-corrected chi connectivity index (χ2v) is 8.77. The minimum absolute atomic E-state index is 0.234. The molecule has 7 heteroatoms. The molecular weight excluding hydrogens is 446 g/mol. The summed E-state index contributed by atoms with van der Waals surface area (Å²) in [5.74, 6) is -1.20. The predicted octanol–water partition coefficient (Wildman–Crippen LogP) is 5.76. The van der Waals surface area contributed by atoms with Crippen molar-refractivity contribution in [3.63, 3.8) is 0 Å². The Morgan fingerprint density at radius 3 is 1.79 bits per heavy atom. The Morgan fingerprint density at radius 1 is 0.912 bits per heavy atom. The molecule has 0 aliphatic heterocycles. The second-order valence-electron chi connectivity index (χ2n) is 7.91. The highest BCUT2D eigenvalue weighted by Crippen LogP contribution is 2.40. The van der Waals surface area contributed by atoms with E-state index in [2.05, 4.69) is 51.9 Å². The van der Waals surface area contributed by atoms with Gasteiger partial charge in [0.15, 0.2) is 5.13 Å². The minimum Gasteiger partial charge on any atom is -0.476 e. The molecule has 1 aromatic heterocycles. The molecule has 2 N–H and O–H groups in total. The smallest absolute Gasteiger partial charge is 0.360 e. The largest absolute Gasteiger partial charge is 0.476 e. The lowest BCUT2D eigenvalue weighted by Crippen LogP contribution is -2.38. The minimum atomic E-state index is -1.20. The van der Waals surface area contributed by atoms with E-state index in [0.717, 1.165) is 16.7 Å². The number of nitrogens with one attached hydrogen (secondary N) is 1. The fourth-order valence-electron chi connectivity index (χ4n) is 3.73. The summed E-state index contributed by atoms with van der Waals surface area (Å²) >= 11 is 1.32. The zero-order chi connectivity index (χ0) is 24.0. The number of thiazole rings is 1. The van der Waals surface area contributed by atoms with Crippen LogP contribution >= 0.6 is 11.3 Å². The molecule has 0 saturated heterocycles. The van der Waals surface area contributed by atoms with E-state index in [1.165, 1.54) is 11.3 Å². The van der Waals surface area contributed by atoms with Gasteiger partial charge in [0.25, 0.3) is 0 Å². The van der Waals surface area contributed by atoms with Crippen LogP contribution in [0.15, 0.2) is 102 Å². The number of carboxylic acids is 1. The molecule has 6 nitrogen and oxygen atoms in total. The molecule has 0 amide bonds. The summed E-state index contributed by atoms with van der Waals surface area (Å²) in [6.07, 6.45) is -0.243. The Kier molecular flexibility index (Phi) is 7.04. The van der Waals surface area contributed by atoms with Gasteiger partial charge in [0, 0.05) is 5.38 Å². The van der Waals surface area contributed by atoms with Crippen molar-refractivity contribution in [1.29, 1.82) is 0 Å². The van der Waals surface area contributed by atoms with Crippen molar-refractivity contribution in [2.75, 3.05) is 5.32 Å². The highest BCUT2D eigenvalue weighted by atomic mass is 32.1. The lowest BCUT2D eigenvalue weighted by Gasteiger charge is -2.36. The fourth-order valence-corrected chi connectivity index (χ4v) is 4.49. The molecule has 172 valence electrons. The van der Waals surface area contributed by atoms with Crippen molar-refractivity contribution in [2.45, 2.75) is 25.5 Å². The third kappa shape index (κ3) is 4.84. The number of anilines is 1. The molecule has 0 aliphatic rings. The average Bonchev–Trinajstić information content (AvgIpc) is 3.32. The summed E-state index contributed by atoms with van der Waals surface area (Å²) in [6, 6.07) is 30.4. The SMILES string of the molecule is CC(C)O/N=C(/C(=O)O)c1csc(NC(c2ccccc2)(c2ccccc2)c2ccccc2)n1. The highest BCUT2D eigenvalue weighted by Gasteiger charge is 2.37. The van der Waals surface area contributed by atoms with Gasteiger partial charge in [-0.05, 0) is 30.5 Å². The molecule has 4 rings (SSSR count). The van der Waals surface area contributed by atoms with Gasteiger partial charge in [-0.15, -0.1) is 11.3 Å². The Labute approximate surface area is 202 Å². The van der Waals surface area contributed by atoms with Gasteiger partial charge in [0.05, 0.1) is 0 Å². The van der Waals surface area contributed by atoms with Gasteiger partial charge >= 0.3 is 5.97 Å². The van der Waals surface area contributed by atoms with Gasteiger partial charge in [-0.3, -0.25) is 0 Å². The zero-order valence-corrected chi connectivity index (χ0v) is 19.7. The van der Waals surface area contributed by atoms with Crippen molar-refractivity contribution < 1.29 is 14.7 Å². The maximum atomic E-state index is 11.8. The van der Waals surface area contributed by atoms with Crippen LogP contribution in [0.25, 0.3) is 0 Å². The van der Waals surface area contributed by atoms with E-state index in [4.69, 9.17) is 4.84 Å². The van der Waals surface area contributed by atoms with E-state index in [1.807, 2.05) is 54.6 Å². The number of nitrogens with zero attached hydrogens (tertiary/aromatic N) is 2. The van der Waals surface area contributed by atoms with Crippen LogP contribution in [0.5, 0.6) is 0 Å². The van der Waals surface area contributed by atoms with Crippen molar-refractivity contribution >= 4 is 28.1 Å². The first kappa shape index (κ1) is 23.2. The van der Waals surface area contributed by atoms with E-state index < -0.39 is 11.5 Å². The molecule has 0 aliphatic carbocycles. The van der Waals surface area contributed by atoms with Crippen molar-refractivity contribution in [2.24, 2.45) is 5.16 Å². The maximum Gasteiger partial charge on any atom is 0.360 e. The molecule has 0 radical (unpaired) electrons. The lowest BCUT2D eigenvalue weighted by atomic mass is 9.77. The molecule has 4 aromatic rings. The van der Waals surface area contributed by atoms with Crippen LogP contribution in [-0.2, 0) is 15.2 Å². The van der Waals surface area contributed by atoms with Crippen LogP contribution in [0, 0.1) is 0 Å². The number of hydrogen-bond donors (Lipinski definition) is 2. The third-order valence-electron chi connectivity index (χ3n) is 5.22. The third-order valence-corrected chi connectivity index (χ3v) is 5.98. The first-order valence-electron chi connectivity index (χ1n) is 10.9. The van der Waals surface area contributed by atoms with Crippen LogP contribution in [0.3, 0.4) is 0 Å². The van der Waals surface area contributed by atoms with Crippen LogP contribution < -0.4 is 5.32 Å². The highest BCUT2D eigenvalue weighted by molar-refractivity contribution is 7.14. The molecule has 0 spiro atoms. The van der Waals surface area contributed by atoms with Gasteiger partial charge in [0.1, 0.15) is 17.3 Å². The number of aliphatic carboxylic acids is 1. The van der Waals surface area contributed by atoms with Gasteiger partial charge in [-0.25, -0.2) is 9.78 Å². The number of carboxylic acid groups (broad SMARTS) is 1. The predicted molar refractivity (Wildman–Crippen MR) is 135 cm³/mol. The lowest BCUT2D eigenvalue weighted by molar-refractivity contribution is -0.129. The van der Waals surface area contributed by atoms with E-state index in [9.17, 15) is 9.90 Å². The van der Waals surface area contributed by atoms with E-state index in [1.54, 1.807) is 19.2 Å². The zero-order valence-electron chi connectivity index (χ0n) is 18.9. The van der Waals surface area contributed by atoms with Crippen LogP contribution in [-0.4, -0.2) is 27.9 Å². The van der Waals surface area contributed by atoms with Crippen molar-refractivity contribution in [3.05, 3.63) is 119 Å². The van der Waals surface area contributed by atoms with Crippen LogP contribution in [0.2, 0.25) is 0 Å². The molecule has 3 aromatic carbocycles. The van der Waals surface area contributed by atoms with Crippen LogP contribution in [0.4, 0.5) is 5.13 Å².